The van der Waals surface area contributed by atoms with E-state index in [1.807, 2.05) is 4.90 Å². The zero-order valence-corrected chi connectivity index (χ0v) is 14.9. The normalized spacial score (nSPS) is 14.3. The number of rotatable bonds is 4. The minimum Gasteiger partial charge on any atom is -0.362 e. The van der Waals surface area contributed by atoms with Crippen LogP contribution in [-0.4, -0.2) is 46.8 Å². The van der Waals surface area contributed by atoms with Gasteiger partial charge in [0.15, 0.2) is 0 Å². The SMILES string of the molecule is O=C(c1ccc([N+](=O)[O-])s1)N1CCN(c2ccc(Cl)cc2[N+](=O)[O-])CC1. The van der Waals surface area contributed by atoms with E-state index in [1.54, 1.807) is 17.0 Å². The van der Waals surface area contributed by atoms with Gasteiger partial charge in [-0.3, -0.25) is 25.0 Å². The number of nitro groups is 2. The van der Waals surface area contributed by atoms with Crippen LogP contribution >= 0.6 is 22.9 Å². The molecule has 0 spiro atoms. The fraction of sp³-hybridized carbons (Fsp3) is 0.267. The number of piperazine rings is 1. The number of benzene rings is 1. The molecule has 0 aliphatic carbocycles. The summed E-state index contributed by atoms with van der Waals surface area (Å²) in [4.78, 5) is 37.2. The number of hydrogen-bond acceptors (Lipinski definition) is 7. The molecule has 136 valence electrons. The first-order chi connectivity index (χ1) is 12.4. The molecule has 26 heavy (non-hydrogen) atoms. The van der Waals surface area contributed by atoms with Crippen molar-refractivity contribution < 1.29 is 14.6 Å². The number of nitrogens with zero attached hydrogens (tertiary/aromatic N) is 4. The summed E-state index contributed by atoms with van der Waals surface area (Å²) in [7, 11) is 0. The molecule has 0 N–H and O–H groups in total. The summed E-state index contributed by atoms with van der Waals surface area (Å²) in [5.41, 5.74) is 0.379. The highest BCUT2D eigenvalue weighted by Crippen LogP contribution is 2.32. The Kier molecular flexibility index (Phi) is 5.05. The number of carbonyl (C=O) groups excluding carboxylic acids is 1. The van der Waals surface area contributed by atoms with Crippen LogP contribution in [0.4, 0.5) is 16.4 Å². The highest BCUT2D eigenvalue weighted by Gasteiger charge is 2.27. The predicted octanol–water partition coefficient (Wildman–Crippen LogP) is 3.18. The molecule has 0 bridgehead atoms. The Morgan fingerprint density at radius 3 is 2.31 bits per heavy atom. The van der Waals surface area contributed by atoms with Gasteiger partial charge in [0.1, 0.15) is 5.69 Å². The monoisotopic (exact) mass is 396 g/mol. The predicted molar refractivity (Wildman–Crippen MR) is 97.2 cm³/mol. The second-order valence-corrected chi connectivity index (χ2v) is 7.06. The molecule has 1 amide bonds. The molecule has 0 radical (unpaired) electrons. The van der Waals surface area contributed by atoms with Crippen molar-refractivity contribution >= 4 is 45.2 Å². The maximum absolute atomic E-state index is 12.5. The third kappa shape index (κ3) is 3.60. The Balaban J connectivity index is 1.70. The minimum atomic E-state index is -0.529. The van der Waals surface area contributed by atoms with Gasteiger partial charge in [-0.25, -0.2) is 0 Å². The van der Waals surface area contributed by atoms with Crippen LogP contribution in [0.2, 0.25) is 5.02 Å². The number of carbonyl (C=O) groups is 1. The largest absolute Gasteiger partial charge is 0.362 e. The Bertz CT molecular complexity index is 879. The molecular formula is C15H13ClN4O5S. The second-order valence-electron chi connectivity index (χ2n) is 5.56. The van der Waals surface area contributed by atoms with Gasteiger partial charge in [-0.05, 0) is 18.2 Å². The van der Waals surface area contributed by atoms with Crippen molar-refractivity contribution in [1.29, 1.82) is 0 Å². The average molecular weight is 397 g/mol. The molecule has 0 atom stereocenters. The number of nitro benzene ring substituents is 1. The first-order valence-electron chi connectivity index (χ1n) is 7.59. The summed E-state index contributed by atoms with van der Waals surface area (Å²) < 4.78 is 0. The third-order valence-corrected chi connectivity index (χ3v) is 5.28. The lowest BCUT2D eigenvalue weighted by Crippen LogP contribution is -2.48. The standard InChI is InChI=1S/C15H13ClN4O5S/c16-10-1-2-11(12(9-10)19(22)23)17-5-7-18(8-6-17)15(21)13-3-4-14(26-13)20(24)25/h1-4,9H,5-8H2. The van der Waals surface area contributed by atoms with E-state index in [9.17, 15) is 25.0 Å². The van der Waals surface area contributed by atoms with E-state index in [0.717, 1.165) is 11.3 Å². The molecule has 9 nitrogen and oxygen atoms in total. The summed E-state index contributed by atoms with van der Waals surface area (Å²) >= 11 is 6.67. The zero-order chi connectivity index (χ0) is 18.8. The van der Waals surface area contributed by atoms with Gasteiger partial charge >= 0.3 is 5.00 Å². The van der Waals surface area contributed by atoms with Gasteiger partial charge in [-0.2, -0.15) is 0 Å². The fourth-order valence-corrected chi connectivity index (χ4v) is 3.71. The summed E-state index contributed by atoms with van der Waals surface area (Å²) in [6, 6.07) is 7.25. The Morgan fingerprint density at radius 2 is 1.73 bits per heavy atom. The molecule has 2 aromatic rings. The van der Waals surface area contributed by atoms with Gasteiger partial charge in [-0.15, -0.1) is 0 Å². The Labute approximate surface area is 156 Å². The van der Waals surface area contributed by atoms with Crippen molar-refractivity contribution in [3.8, 4) is 0 Å². The van der Waals surface area contributed by atoms with Crippen LogP contribution in [0.3, 0.4) is 0 Å². The van der Waals surface area contributed by atoms with E-state index in [2.05, 4.69) is 0 Å². The van der Waals surface area contributed by atoms with Crippen molar-refractivity contribution in [3.63, 3.8) is 0 Å². The molecule has 3 rings (SSSR count). The summed E-state index contributed by atoms with van der Waals surface area (Å²) in [5.74, 6) is -0.270. The molecule has 0 unspecified atom stereocenters. The molecule has 0 saturated carbocycles. The highest BCUT2D eigenvalue weighted by molar-refractivity contribution is 7.17. The van der Waals surface area contributed by atoms with Crippen LogP contribution in [0.1, 0.15) is 9.67 Å². The Morgan fingerprint density at radius 1 is 1.04 bits per heavy atom. The van der Waals surface area contributed by atoms with Crippen molar-refractivity contribution in [2.75, 3.05) is 31.1 Å². The zero-order valence-electron chi connectivity index (χ0n) is 13.3. The van der Waals surface area contributed by atoms with Crippen molar-refractivity contribution in [1.82, 2.24) is 4.90 Å². The molecule has 1 saturated heterocycles. The summed E-state index contributed by atoms with van der Waals surface area (Å²) in [6.07, 6.45) is 0. The van der Waals surface area contributed by atoms with Crippen LogP contribution < -0.4 is 4.90 Å². The molecule has 1 fully saturated rings. The topological polar surface area (TPSA) is 110 Å². The first kappa shape index (κ1) is 18.1. The lowest BCUT2D eigenvalue weighted by molar-refractivity contribution is -0.384. The summed E-state index contributed by atoms with van der Waals surface area (Å²) in [5, 5.41) is 22.2. The lowest BCUT2D eigenvalue weighted by Gasteiger charge is -2.35. The van der Waals surface area contributed by atoms with Crippen molar-refractivity contribution in [2.24, 2.45) is 0 Å². The quantitative estimate of drug-likeness (QED) is 0.579. The molecule has 2 heterocycles. The lowest BCUT2D eigenvalue weighted by atomic mass is 10.2. The minimum absolute atomic E-state index is 0.0776. The number of halogens is 1. The van der Waals surface area contributed by atoms with Crippen molar-refractivity contribution in [3.05, 3.63) is 60.5 Å². The Hall–Kier alpha value is -2.72. The molecule has 11 heteroatoms. The molecule has 1 aliphatic rings. The van der Waals surface area contributed by atoms with Gasteiger partial charge in [-0.1, -0.05) is 22.9 Å². The van der Waals surface area contributed by atoms with Crippen LogP contribution in [0.15, 0.2) is 30.3 Å². The van der Waals surface area contributed by atoms with Crippen LogP contribution in [-0.2, 0) is 0 Å². The molecule has 1 aliphatic heterocycles. The molecule has 1 aromatic heterocycles. The first-order valence-corrected chi connectivity index (χ1v) is 8.78. The highest BCUT2D eigenvalue weighted by atomic mass is 35.5. The van der Waals surface area contributed by atoms with Crippen molar-refractivity contribution in [2.45, 2.75) is 0 Å². The molecule has 1 aromatic carbocycles. The number of anilines is 1. The van der Waals surface area contributed by atoms with Crippen LogP contribution in [0, 0.1) is 20.2 Å². The maximum Gasteiger partial charge on any atom is 0.324 e. The average Bonchev–Trinajstić information content (AvgIpc) is 3.11. The fourth-order valence-electron chi connectivity index (χ4n) is 2.76. The summed E-state index contributed by atoms with van der Waals surface area (Å²) in [6.45, 7) is 1.57. The number of amides is 1. The van der Waals surface area contributed by atoms with E-state index in [1.165, 1.54) is 18.2 Å². The van der Waals surface area contributed by atoms with E-state index in [0.29, 0.717) is 36.7 Å². The smallest absolute Gasteiger partial charge is 0.324 e. The van der Waals surface area contributed by atoms with E-state index in [4.69, 9.17) is 11.6 Å². The van der Waals surface area contributed by atoms with Gasteiger partial charge in [0.2, 0.25) is 0 Å². The van der Waals surface area contributed by atoms with Gasteiger partial charge in [0.05, 0.1) is 14.7 Å². The van der Waals surface area contributed by atoms with Gasteiger partial charge < -0.3 is 9.80 Å². The third-order valence-electron chi connectivity index (χ3n) is 4.02. The van der Waals surface area contributed by atoms with Gasteiger partial charge in [0.25, 0.3) is 11.6 Å². The number of hydrogen-bond donors (Lipinski definition) is 0. The van der Waals surface area contributed by atoms with E-state index in [-0.39, 0.29) is 21.6 Å². The molecular weight excluding hydrogens is 384 g/mol. The van der Waals surface area contributed by atoms with E-state index < -0.39 is 9.85 Å². The number of thiophene rings is 1. The van der Waals surface area contributed by atoms with Crippen LogP contribution in [0.5, 0.6) is 0 Å². The van der Waals surface area contributed by atoms with E-state index >= 15 is 0 Å². The van der Waals surface area contributed by atoms with Crippen LogP contribution in [0.25, 0.3) is 0 Å². The second kappa shape index (κ2) is 7.26. The maximum atomic E-state index is 12.5. The van der Waals surface area contributed by atoms with Gasteiger partial charge in [0, 0.05) is 43.3 Å².